The number of unbranched alkanes of at least 4 members (excludes halogenated alkanes) is 4. The summed E-state index contributed by atoms with van der Waals surface area (Å²) in [5.74, 6) is 5.80. The van der Waals surface area contributed by atoms with Crippen LogP contribution in [0.25, 0.3) is 0 Å². The Labute approximate surface area is 126 Å². The van der Waals surface area contributed by atoms with Gasteiger partial charge in [-0.05, 0) is 18.6 Å². The van der Waals surface area contributed by atoms with Crippen molar-refractivity contribution in [2.24, 2.45) is 0 Å². The van der Waals surface area contributed by atoms with Gasteiger partial charge in [0.25, 0.3) is 0 Å². The van der Waals surface area contributed by atoms with E-state index in [0.29, 0.717) is 5.02 Å². The van der Waals surface area contributed by atoms with Gasteiger partial charge in [-0.15, -0.1) is 0 Å². The number of ether oxygens (including phenoxy) is 1. The molecule has 1 atom stereocenters. The Bertz CT molecular complexity index is 468. The van der Waals surface area contributed by atoms with Gasteiger partial charge in [-0.3, -0.25) is 4.79 Å². The van der Waals surface area contributed by atoms with Gasteiger partial charge >= 0.3 is 5.97 Å². The molecule has 1 rings (SSSR count). The molecular formula is C17H21ClO2. The van der Waals surface area contributed by atoms with Crippen LogP contribution in [0.15, 0.2) is 24.3 Å². The Morgan fingerprint density at radius 3 is 2.55 bits per heavy atom. The Hall–Kier alpha value is -1.46. The number of carbonyl (C=O) groups is 1. The lowest BCUT2D eigenvalue weighted by atomic mass is 10.1. The first-order valence-corrected chi connectivity index (χ1v) is 7.42. The second-order valence-corrected chi connectivity index (χ2v) is 5.11. The van der Waals surface area contributed by atoms with Crippen LogP contribution in [-0.2, 0) is 9.53 Å². The first kappa shape index (κ1) is 16.6. The Balaban J connectivity index is 2.63. The fourth-order valence-corrected chi connectivity index (χ4v) is 1.92. The van der Waals surface area contributed by atoms with E-state index < -0.39 is 6.10 Å². The Morgan fingerprint density at radius 2 is 1.95 bits per heavy atom. The first-order valence-electron chi connectivity index (χ1n) is 7.04. The fourth-order valence-electron chi connectivity index (χ4n) is 1.79. The fraction of sp³-hybridized carbons (Fsp3) is 0.471. The zero-order valence-corrected chi connectivity index (χ0v) is 12.9. The minimum atomic E-state index is -0.504. The third kappa shape index (κ3) is 6.63. The highest BCUT2D eigenvalue weighted by Gasteiger charge is 2.11. The minimum absolute atomic E-state index is 0.328. The van der Waals surface area contributed by atoms with Crippen molar-refractivity contribution < 1.29 is 9.53 Å². The highest BCUT2D eigenvalue weighted by atomic mass is 35.5. The Morgan fingerprint density at radius 1 is 1.25 bits per heavy atom. The lowest BCUT2D eigenvalue weighted by molar-refractivity contribution is -0.144. The van der Waals surface area contributed by atoms with Crippen molar-refractivity contribution in [3.63, 3.8) is 0 Å². The van der Waals surface area contributed by atoms with E-state index in [1.165, 1.54) is 26.2 Å². The SMILES string of the molecule is CCCCCCC#CC(OC(C)=O)c1ccc(Cl)cc1. The first-order chi connectivity index (χ1) is 9.63. The maximum absolute atomic E-state index is 11.2. The summed E-state index contributed by atoms with van der Waals surface area (Å²) >= 11 is 5.85. The average molecular weight is 293 g/mol. The van der Waals surface area contributed by atoms with Gasteiger partial charge in [-0.1, -0.05) is 61.8 Å². The summed E-state index contributed by atoms with van der Waals surface area (Å²) in [5, 5.41) is 0.655. The summed E-state index contributed by atoms with van der Waals surface area (Å²) in [5.41, 5.74) is 0.852. The maximum atomic E-state index is 11.2. The van der Waals surface area contributed by atoms with Crippen molar-refractivity contribution in [2.75, 3.05) is 0 Å². The molecule has 0 aliphatic heterocycles. The van der Waals surface area contributed by atoms with Crippen molar-refractivity contribution >= 4 is 17.6 Å². The summed E-state index contributed by atoms with van der Waals surface area (Å²) in [6, 6.07) is 7.22. The molecule has 0 aliphatic carbocycles. The third-order valence-corrected chi connectivity index (χ3v) is 3.10. The van der Waals surface area contributed by atoms with Gasteiger partial charge in [0.1, 0.15) is 0 Å². The van der Waals surface area contributed by atoms with Gasteiger partial charge in [0, 0.05) is 23.9 Å². The zero-order valence-electron chi connectivity index (χ0n) is 12.1. The highest BCUT2D eigenvalue weighted by Crippen LogP contribution is 2.19. The molecular weight excluding hydrogens is 272 g/mol. The normalized spacial score (nSPS) is 11.3. The molecule has 0 spiro atoms. The van der Waals surface area contributed by atoms with Crippen LogP contribution in [0.3, 0.4) is 0 Å². The van der Waals surface area contributed by atoms with E-state index in [9.17, 15) is 4.79 Å². The van der Waals surface area contributed by atoms with Crippen LogP contribution in [0.4, 0.5) is 0 Å². The Kier molecular flexibility index (Phi) is 7.84. The molecule has 0 radical (unpaired) electrons. The molecule has 0 aromatic heterocycles. The van der Waals surface area contributed by atoms with Crippen molar-refractivity contribution in [3.8, 4) is 11.8 Å². The van der Waals surface area contributed by atoms with Gasteiger partial charge in [-0.2, -0.15) is 0 Å². The number of hydrogen-bond donors (Lipinski definition) is 0. The van der Waals surface area contributed by atoms with Crippen LogP contribution in [0.5, 0.6) is 0 Å². The minimum Gasteiger partial charge on any atom is -0.444 e. The molecule has 1 aromatic rings. The smallest absolute Gasteiger partial charge is 0.304 e. The van der Waals surface area contributed by atoms with E-state index in [1.54, 1.807) is 12.1 Å². The molecule has 108 valence electrons. The second kappa shape index (κ2) is 9.44. The largest absolute Gasteiger partial charge is 0.444 e. The topological polar surface area (TPSA) is 26.3 Å². The van der Waals surface area contributed by atoms with Crippen LogP contribution >= 0.6 is 11.6 Å². The molecule has 2 nitrogen and oxygen atoms in total. The van der Waals surface area contributed by atoms with Crippen molar-refractivity contribution in [1.29, 1.82) is 0 Å². The molecule has 0 aliphatic rings. The van der Waals surface area contributed by atoms with Gasteiger partial charge < -0.3 is 4.74 Å². The van der Waals surface area contributed by atoms with E-state index >= 15 is 0 Å². The lowest BCUT2D eigenvalue weighted by Gasteiger charge is -2.11. The van der Waals surface area contributed by atoms with Crippen molar-refractivity contribution in [3.05, 3.63) is 34.9 Å². The van der Waals surface area contributed by atoms with Crippen LogP contribution < -0.4 is 0 Å². The maximum Gasteiger partial charge on any atom is 0.304 e. The summed E-state index contributed by atoms with van der Waals surface area (Å²) < 4.78 is 5.25. The van der Waals surface area contributed by atoms with E-state index in [2.05, 4.69) is 18.8 Å². The molecule has 0 amide bonds. The molecule has 0 heterocycles. The number of rotatable bonds is 6. The van der Waals surface area contributed by atoms with Crippen LogP contribution in [0.2, 0.25) is 5.02 Å². The summed E-state index contributed by atoms with van der Waals surface area (Å²) in [7, 11) is 0. The molecule has 0 saturated carbocycles. The van der Waals surface area contributed by atoms with Crippen molar-refractivity contribution in [2.45, 2.75) is 52.1 Å². The lowest BCUT2D eigenvalue weighted by Crippen LogP contribution is -2.06. The monoisotopic (exact) mass is 292 g/mol. The van der Waals surface area contributed by atoms with E-state index in [0.717, 1.165) is 18.4 Å². The number of benzene rings is 1. The van der Waals surface area contributed by atoms with Gasteiger partial charge in [-0.25, -0.2) is 0 Å². The summed E-state index contributed by atoms with van der Waals surface area (Å²) in [6.45, 7) is 3.58. The summed E-state index contributed by atoms with van der Waals surface area (Å²) in [6.07, 6.45) is 5.08. The predicted octanol–water partition coefficient (Wildman–Crippen LogP) is 4.92. The highest BCUT2D eigenvalue weighted by molar-refractivity contribution is 6.30. The van der Waals surface area contributed by atoms with Crippen LogP contribution in [0.1, 0.15) is 57.6 Å². The number of hydrogen-bond acceptors (Lipinski definition) is 2. The van der Waals surface area contributed by atoms with Gasteiger partial charge in [0.2, 0.25) is 0 Å². The van der Waals surface area contributed by atoms with E-state index in [4.69, 9.17) is 16.3 Å². The number of carbonyl (C=O) groups excluding carboxylic acids is 1. The molecule has 0 N–H and O–H groups in total. The van der Waals surface area contributed by atoms with Crippen LogP contribution in [-0.4, -0.2) is 5.97 Å². The predicted molar refractivity (Wildman–Crippen MR) is 82.5 cm³/mol. The molecule has 0 fully saturated rings. The molecule has 1 unspecified atom stereocenters. The molecule has 0 saturated heterocycles. The third-order valence-electron chi connectivity index (χ3n) is 2.85. The van der Waals surface area contributed by atoms with Crippen molar-refractivity contribution in [1.82, 2.24) is 0 Å². The number of halogens is 1. The quantitative estimate of drug-likeness (QED) is 0.423. The van der Waals surface area contributed by atoms with Gasteiger partial charge in [0.15, 0.2) is 6.10 Å². The van der Waals surface area contributed by atoms with Gasteiger partial charge in [0.05, 0.1) is 0 Å². The molecule has 0 bridgehead atoms. The van der Waals surface area contributed by atoms with Crippen LogP contribution in [0, 0.1) is 11.8 Å². The summed E-state index contributed by atoms with van der Waals surface area (Å²) in [4.78, 5) is 11.2. The van der Waals surface area contributed by atoms with E-state index in [1.807, 2.05) is 12.1 Å². The zero-order chi connectivity index (χ0) is 14.8. The average Bonchev–Trinajstić information content (AvgIpc) is 2.42. The van der Waals surface area contributed by atoms with E-state index in [-0.39, 0.29) is 5.97 Å². The standard InChI is InChI=1S/C17H21ClO2/c1-3-4-5-6-7-8-9-17(20-14(2)19)15-10-12-16(18)13-11-15/h10-13,17H,3-7H2,1-2H3. The second-order valence-electron chi connectivity index (χ2n) is 4.67. The molecule has 1 aromatic carbocycles. The molecule has 20 heavy (non-hydrogen) atoms. The molecule has 3 heteroatoms. The number of esters is 1.